The zero-order valence-electron chi connectivity index (χ0n) is 16.7. The average molecular weight is 389 g/mol. The normalized spacial score (nSPS) is 11.5. The van der Waals surface area contributed by atoms with E-state index < -0.39 is 0 Å². The summed E-state index contributed by atoms with van der Waals surface area (Å²) in [5.41, 5.74) is 6.58. The Bertz CT molecular complexity index is 1200. The van der Waals surface area contributed by atoms with Gasteiger partial charge in [-0.2, -0.15) is 5.10 Å². The number of hydrogen-bond acceptors (Lipinski definition) is 3. The molecule has 0 saturated heterocycles. The summed E-state index contributed by atoms with van der Waals surface area (Å²) in [5.74, 6) is 1.36. The van der Waals surface area contributed by atoms with Gasteiger partial charge in [0.15, 0.2) is 10.6 Å². The third-order valence-corrected chi connectivity index (χ3v) is 5.46. The second kappa shape index (κ2) is 7.32. The Labute approximate surface area is 170 Å². The lowest BCUT2D eigenvalue weighted by atomic mass is 9.98. The maximum absolute atomic E-state index is 5.41. The van der Waals surface area contributed by atoms with Gasteiger partial charge in [0.1, 0.15) is 0 Å². The Morgan fingerprint density at radius 2 is 1.82 bits per heavy atom. The molecule has 0 spiro atoms. The SMILES string of the molecule is CCn1c(-c2cc(-c3ccc(C(C)C)cc3)nc3ccc(C)cc23)n[nH]c1=S. The lowest BCUT2D eigenvalue weighted by Crippen LogP contribution is -2.00. The number of rotatable bonds is 4. The van der Waals surface area contributed by atoms with Crippen LogP contribution in [0, 0.1) is 11.7 Å². The molecular formula is C23H24N4S. The van der Waals surface area contributed by atoms with Crippen LogP contribution in [0.15, 0.2) is 48.5 Å². The molecule has 0 fully saturated rings. The summed E-state index contributed by atoms with van der Waals surface area (Å²) in [5, 5.41) is 8.56. The Hall–Kier alpha value is -2.79. The molecule has 0 aliphatic rings. The molecule has 4 nitrogen and oxygen atoms in total. The summed E-state index contributed by atoms with van der Waals surface area (Å²) in [6.07, 6.45) is 0. The predicted octanol–water partition coefficient (Wildman–Crippen LogP) is 6.27. The van der Waals surface area contributed by atoms with Crippen molar-refractivity contribution in [2.75, 3.05) is 0 Å². The summed E-state index contributed by atoms with van der Waals surface area (Å²) in [4.78, 5) is 4.94. The largest absolute Gasteiger partial charge is 0.300 e. The molecule has 0 aliphatic carbocycles. The van der Waals surface area contributed by atoms with Crippen molar-refractivity contribution in [2.45, 2.75) is 40.2 Å². The molecule has 1 N–H and O–H groups in total. The fourth-order valence-corrected chi connectivity index (χ4v) is 3.79. The standard InChI is InChI=1S/C23H24N4S/c1-5-27-22(25-26-23(27)28)19-13-21(17-9-7-16(8-10-17)14(2)3)24-20-11-6-15(4)12-18(19)20/h6-14H,5H2,1-4H3,(H,26,28). The van der Waals surface area contributed by atoms with Gasteiger partial charge >= 0.3 is 0 Å². The molecule has 4 aromatic rings. The number of aromatic amines is 1. The monoisotopic (exact) mass is 388 g/mol. The molecule has 142 valence electrons. The van der Waals surface area contributed by atoms with E-state index in [1.54, 1.807) is 0 Å². The molecule has 0 atom stereocenters. The fraction of sp³-hybridized carbons (Fsp3) is 0.261. The van der Waals surface area contributed by atoms with Crippen molar-refractivity contribution in [3.8, 4) is 22.6 Å². The molecule has 28 heavy (non-hydrogen) atoms. The number of nitrogens with one attached hydrogen (secondary N) is 1. The number of pyridine rings is 1. The molecule has 2 aromatic heterocycles. The number of aromatic nitrogens is 4. The Morgan fingerprint density at radius 3 is 2.50 bits per heavy atom. The molecule has 0 bridgehead atoms. The minimum atomic E-state index is 0.509. The zero-order chi connectivity index (χ0) is 19.8. The first-order chi connectivity index (χ1) is 13.5. The first kappa shape index (κ1) is 18.6. The van der Waals surface area contributed by atoms with E-state index in [1.165, 1.54) is 11.1 Å². The van der Waals surface area contributed by atoms with Crippen LogP contribution in [0.2, 0.25) is 0 Å². The number of benzene rings is 2. The minimum Gasteiger partial charge on any atom is -0.300 e. The number of nitrogens with zero attached hydrogens (tertiary/aromatic N) is 3. The lowest BCUT2D eigenvalue weighted by Gasteiger charge is -2.12. The third-order valence-electron chi connectivity index (χ3n) is 5.15. The molecule has 2 aromatic carbocycles. The quantitative estimate of drug-likeness (QED) is 0.419. The molecule has 4 rings (SSSR count). The molecule has 5 heteroatoms. The number of aryl methyl sites for hydroxylation is 1. The van der Waals surface area contributed by atoms with Gasteiger partial charge in [-0.1, -0.05) is 49.7 Å². The van der Waals surface area contributed by atoms with Crippen LogP contribution in [-0.4, -0.2) is 19.7 Å². The summed E-state index contributed by atoms with van der Waals surface area (Å²) in [6, 6.07) is 17.1. The highest BCUT2D eigenvalue weighted by Crippen LogP contribution is 2.32. The molecular weight excluding hydrogens is 364 g/mol. The van der Waals surface area contributed by atoms with Crippen LogP contribution >= 0.6 is 12.2 Å². The van der Waals surface area contributed by atoms with E-state index in [9.17, 15) is 0 Å². The Balaban J connectivity index is 1.97. The van der Waals surface area contributed by atoms with Crippen LogP contribution in [0.3, 0.4) is 0 Å². The molecule has 0 saturated carbocycles. The summed E-state index contributed by atoms with van der Waals surface area (Å²) >= 11 is 5.41. The van der Waals surface area contributed by atoms with Gasteiger partial charge in [0.05, 0.1) is 11.2 Å². The van der Waals surface area contributed by atoms with Crippen molar-refractivity contribution in [2.24, 2.45) is 0 Å². The van der Waals surface area contributed by atoms with Crippen LogP contribution < -0.4 is 0 Å². The van der Waals surface area contributed by atoms with E-state index in [2.05, 4.69) is 86.4 Å². The van der Waals surface area contributed by atoms with E-state index in [-0.39, 0.29) is 0 Å². The minimum absolute atomic E-state index is 0.509. The van der Waals surface area contributed by atoms with Gasteiger partial charge in [-0.3, -0.25) is 5.10 Å². The fourth-order valence-electron chi connectivity index (χ4n) is 3.53. The predicted molar refractivity (Wildman–Crippen MR) is 118 cm³/mol. The van der Waals surface area contributed by atoms with Gasteiger partial charge in [0.2, 0.25) is 0 Å². The van der Waals surface area contributed by atoms with E-state index in [0.717, 1.165) is 40.1 Å². The summed E-state index contributed by atoms with van der Waals surface area (Å²) < 4.78 is 2.66. The van der Waals surface area contributed by atoms with Crippen LogP contribution in [0.25, 0.3) is 33.5 Å². The van der Waals surface area contributed by atoms with Gasteiger partial charge in [-0.05, 0) is 55.7 Å². The summed E-state index contributed by atoms with van der Waals surface area (Å²) in [7, 11) is 0. The first-order valence-corrected chi connectivity index (χ1v) is 10.1. The lowest BCUT2D eigenvalue weighted by molar-refractivity contribution is 0.756. The maximum Gasteiger partial charge on any atom is 0.195 e. The third kappa shape index (κ3) is 3.27. The van der Waals surface area contributed by atoms with Crippen molar-refractivity contribution in [3.63, 3.8) is 0 Å². The van der Waals surface area contributed by atoms with Gasteiger partial charge in [-0.25, -0.2) is 4.98 Å². The van der Waals surface area contributed by atoms with Crippen LogP contribution in [-0.2, 0) is 6.54 Å². The van der Waals surface area contributed by atoms with Crippen molar-refractivity contribution >= 4 is 23.1 Å². The molecule has 0 aliphatic heterocycles. The molecule has 2 heterocycles. The number of H-pyrrole nitrogens is 1. The second-order valence-corrected chi connectivity index (χ2v) is 7.84. The molecule has 0 unspecified atom stereocenters. The Morgan fingerprint density at radius 1 is 1.07 bits per heavy atom. The van der Waals surface area contributed by atoms with Crippen LogP contribution in [0.5, 0.6) is 0 Å². The van der Waals surface area contributed by atoms with Gasteiger partial charge < -0.3 is 4.57 Å². The van der Waals surface area contributed by atoms with Crippen molar-refractivity contribution in [1.29, 1.82) is 0 Å². The highest BCUT2D eigenvalue weighted by atomic mass is 32.1. The highest BCUT2D eigenvalue weighted by molar-refractivity contribution is 7.71. The zero-order valence-corrected chi connectivity index (χ0v) is 17.5. The van der Waals surface area contributed by atoms with E-state index in [0.29, 0.717) is 10.7 Å². The van der Waals surface area contributed by atoms with Crippen LogP contribution in [0.1, 0.15) is 37.8 Å². The van der Waals surface area contributed by atoms with Crippen molar-refractivity contribution in [3.05, 3.63) is 64.4 Å². The van der Waals surface area contributed by atoms with Gasteiger partial charge in [0.25, 0.3) is 0 Å². The highest BCUT2D eigenvalue weighted by Gasteiger charge is 2.15. The van der Waals surface area contributed by atoms with E-state index in [1.807, 2.05) is 4.57 Å². The smallest absolute Gasteiger partial charge is 0.195 e. The molecule has 0 amide bonds. The average Bonchev–Trinajstić information content (AvgIpc) is 3.07. The number of fused-ring (bicyclic) bond motifs is 1. The number of hydrogen-bond donors (Lipinski definition) is 1. The van der Waals surface area contributed by atoms with Crippen molar-refractivity contribution in [1.82, 2.24) is 19.7 Å². The topological polar surface area (TPSA) is 46.5 Å². The van der Waals surface area contributed by atoms with Gasteiger partial charge in [-0.15, -0.1) is 0 Å². The Kier molecular flexibility index (Phi) is 4.85. The van der Waals surface area contributed by atoms with Crippen molar-refractivity contribution < 1.29 is 0 Å². The first-order valence-electron chi connectivity index (χ1n) is 9.65. The van der Waals surface area contributed by atoms with E-state index >= 15 is 0 Å². The molecule has 0 radical (unpaired) electrons. The van der Waals surface area contributed by atoms with E-state index in [4.69, 9.17) is 17.2 Å². The summed E-state index contributed by atoms with van der Waals surface area (Å²) in [6.45, 7) is 9.35. The van der Waals surface area contributed by atoms with Crippen LogP contribution in [0.4, 0.5) is 0 Å². The van der Waals surface area contributed by atoms with Gasteiger partial charge in [0, 0.05) is 23.1 Å². The maximum atomic E-state index is 5.41. The second-order valence-electron chi connectivity index (χ2n) is 7.45.